The van der Waals surface area contributed by atoms with Gasteiger partial charge < -0.3 is 15.5 Å². The lowest BCUT2D eigenvalue weighted by Gasteiger charge is -2.35. The number of amides is 4. The summed E-state index contributed by atoms with van der Waals surface area (Å²) >= 11 is 2.93. The van der Waals surface area contributed by atoms with Gasteiger partial charge in [-0.05, 0) is 42.5 Å². The molecule has 0 aliphatic carbocycles. The van der Waals surface area contributed by atoms with Crippen molar-refractivity contribution >= 4 is 61.7 Å². The van der Waals surface area contributed by atoms with E-state index < -0.39 is 11.3 Å². The highest BCUT2D eigenvalue weighted by Crippen LogP contribution is 2.51. The predicted molar refractivity (Wildman–Crippen MR) is 137 cm³/mol. The topological polar surface area (TPSA) is 94.6 Å². The van der Waals surface area contributed by atoms with Crippen molar-refractivity contribution in [3.8, 4) is 0 Å². The zero-order valence-corrected chi connectivity index (χ0v) is 20.4. The van der Waals surface area contributed by atoms with Crippen LogP contribution in [-0.4, -0.2) is 52.1 Å². The van der Waals surface area contributed by atoms with Crippen LogP contribution >= 0.6 is 23.1 Å². The van der Waals surface area contributed by atoms with Crippen LogP contribution in [0.1, 0.15) is 24.4 Å². The number of thioether (sulfide) groups is 1. The molecule has 1 aromatic carbocycles. The van der Waals surface area contributed by atoms with Gasteiger partial charge in [0.15, 0.2) is 0 Å². The number of hydrogen-bond acceptors (Lipinski definition) is 6. The number of thiophene rings is 1. The molecule has 8 nitrogen and oxygen atoms in total. The minimum absolute atomic E-state index is 0.124. The van der Waals surface area contributed by atoms with Gasteiger partial charge in [0.25, 0.3) is 0 Å². The van der Waals surface area contributed by atoms with E-state index in [-0.39, 0.29) is 23.9 Å². The minimum atomic E-state index is -0.530. The molecular formula is C25H23N5O3S2. The first kappa shape index (κ1) is 22.1. The van der Waals surface area contributed by atoms with Gasteiger partial charge in [-0.1, -0.05) is 36.5 Å². The van der Waals surface area contributed by atoms with Crippen LogP contribution in [0.25, 0.3) is 10.1 Å². The normalized spacial score (nSPS) is 23.1. The van der Waals surface area contributed by atoms with Gasteiger partial charge in [-0.2, -0.15) is 0 Å². The fraction of sp³-hybridized carbons (Fsp3) is 0.280. The number of rotatable bonds is 4. The summed E-state index contributed by atoms with van der Waals surface area (Å²) in [5.74, 6) is -0.279. The molecule has 0 radical (unpaired) electrons. The van der Waals surface area contributed by atoms with Crippen LogP contribution in [0.2, 0.25) is 0 Å². The Morgan fingerprint density at radius 2 is 2.11 bits per heavy atom. The summed E-state index contributed by atoms with van der Waals surface area (Å²) in [4.78, 5) is 46.6. The summed E-state index contributed by atoms with van der Waals surface area (Å²) in [6.07, 6.45) is 4.62. The maximum atomic E-state index is 13.4. The van der Waals surface area contributed by atoms with Gasteiger partial charge in [0.05, 0.1) is 11.7 Å². The van der Waals surface area contributed by atoms with Crippen LogP contribution in [0.5, 0.6) is 0 Å². The van der Waals surface area contributed by atoms with Crippen molar-refractivity contribution < 1.29 is 14.4 Å². The lowest BCUT2D eigenvalue weighted by atomic mass is 9.99. The van der Waals surface area contributed by atoms with Crippen LogP contribution in [0.4, 0.5) is 15.5 Å². The van der Waals surface area contributed by atoms with E-state index in [1.165, 1.54) is 17.8 Å². The van der Waals surface area contributed by atoms with Crippen LogP contribution in [0.3, 0.4) is 0 Å². The highest BCUT2D eigenvalue weighted by Gasteiger charge is 2.47. The van der Waals surface area contributed by atoms with E-state index in [0.717, 1.165) is 44.2 Å². The van der Waals surface area contributed by atoms with E-state index in [1.807, 2.05) is 36.4 Å². The van der Waals surface area contributed by atoms with E-state index in [1.54, 1.807) is 27.3 Å². The standard InChI is InChI=1S/C25H23N5O3S2/c1-2-18(31)29-11-5-7-15(13-29)27-23(32)22-21-20-16(9-10-26-24(20)35-22)30(25(33)28-21)19-12-14-6-3-4-8-17(14)34-19/h2-4,6,8-10,12,15,21-22H,1,5,7,11,13H2,(H,27,32)(H,28,33)/t15?,21?,22-/m1/s1. The van der Waals surface area contributed by atoms with Crippen molar-refractivity contribution in [2.24, 2.45) is 0 Å². The number of urea groups is 1. The molecule has 3 aliphatic rings. The maximum absolute atomic E-state index is 13.4. The highest BCUT2D eigenvalue weighted by molar-refractivity contribution is 8.01. The fourth-order valence-electron chi connectivity index (χ4n) is 5.03. The first-order valence-corrected chi connectivity index (χ1v) is 13.2. The van der Waals surface area contributed by atoms with Gasteiger partial charge in [0.1, 0.15) is 15.3 Å². The summed E-state index contributed by atoms with van der Waals surface area (Å²) in [5, 5.41) is 8.30. The van der Waals surface area contributed by atoms with Crippen LogP contribution in [-0.2, 0) is 9.59 Å². The zero-order valence-electron chi connectivity index (χ0n) is 18.8. The summed E-state index contributed by atoms with van der Waals surface area (Å²) in [6.45, 7) is 4.69. The Kier molecular flexibility index (Phi) is 5.49. The second-order valence-corrected chi connectivity index (χ2v) is 11.0. The van der Waals surface area contributed by atoms with Gasteiger partial charge in [-0.3, -0.25) is 14.5 Å². The summed E-state index contributed by atoms with van der Waals surface area (Å²) in [7, 11) is 0. The number of pyridine rings is 1. The van der Waals surface area contributed by atoms with Crippen molar-refractivity contribution in [3.63, 3.8) is 0 Å². The lowest BCUT2D eigenvalue weighted by Crippen LogP contribution is -2.53. The van der Waals surface area contributed by atoms with Crippen LogP contribution in [0.15, 0.2) is 60.3 Å². The Hall–Kier alpha value is -3.37. The number of likely N-dealkylation sites (tertiary alicyclic amines) is 1. The molecule has 3 atom stereocenters. The first-order chi connectivity index (χ1) is 17.0. The number of carbonyl (C=O) groups excluding carboxylic acids is 3. The molecule has 0 spiro atoms. The Bertz CT molecular complexity index is 1340. The number of carbonyl (C=O) groups is 3. The molecule has 3 aliphatic heterocycles. The number of anilines is 2. The molecule has 3 aromatic rings. The van der Waals surface area contributed by atoms with Gasteiger partial charge in [0, 0.05) is 35.6 Å². The third-order valence-corrected chi connectivity index (χ3v) is 9.04. The third kappa shape index (κ3) is 3.77. The molecule has 10 heteroatoms. The van der Waals surface area contributed by atoms with Crippen molar-refractivity contribution in [2.75, 3.05) is 18.0 Å². The number of piperidine rings is 1. The van der Waals surface area contributed by atoms with Crippen molar-refractivity contribution in [2.45, 2.75) is 35.2 Å². The average Bonchev–Trinajstić information content (AvgIpc) is 3.46. The van der Waals surface area contributed by atoms with E-state index >= 15 is 0 Å². The molecule has 35 heavy (non-hydrogen) atoms. The third-order valence-electron chi connectivity index (χ3n) is 6.65. The summed E-state index contributed by atoms with van der Waals surface area (Å²) in [6, 6.07) is 11.0. The number of nitrogens with zero attached hydrogens (tertiary/aromatic N) is 3. The molecule has 5 heterocycles. The maximum Gasteiger partial charge on any atom is 0.327 e. The number of nitrogens with one attached hydrogen (secondary N) is 2. The van der Waals surface area contributed by atoms with Crippen molar-refractivity contribution in [1.82, 2.24) is 20.5 Å². The summed E-state index contributed by atoms with van der Waals surface area (Å²) < 4.78 is 1.10. The Morgan fingerprint density at radius 3 is 2.94 bits per heavy atom. The molecule has 0 saturated carbocycles. The molecule has 178 valence electrons. The fourth-order valence-corrected chi connectivity index (χ4v) is 7.34. The number of hydrogen-bond donors (Lipinski definition) is 2. The van der Waals surface area contributed by atoms with Crippen LogP contribution < -0.4 is 15.5 Å². The number of aromatic nitrogens is 1. The predicted octanol–water partition coefficient (Wildman–Crippen LogP) is 3.97. The number of benzene rings is 1. The zero-order chi connectivity index (χ0) is 24.1. The quantitative estimate of drug-likeness (QED) is 0.524. The smallest absolute Gasteiger partial charge is 0.327 e. The SMILES string of the molecule is C=CC(=O)N1CCCC(NC(=O)[C@@H]2Sc3nccc4c3C2NC(=O)N4c2cc3ccccc3s2)C1. The van der Waals surface area contributed by atoms with Gasteiger partial charge >= 0.3 is 6.03 Å². The molecule has 2 unspecified atom stereocenters. The highest BCUT2D eigenvalue weighted by atomic mass is 32.2. The van der Waals surface area contributed by atoms with Gasteiger partial charge in [-0.15, -0.1) is 11.3 Å². The Labute approximate surface area is 210 Å². The molecule has 2 N–H and O–H groups in total. The van der Waals surface area contributed by atoms with E-state index in [0.29, 0.717) is 13.1 Å². The molecule has 1 fully saturated rings. The molecule has 4 amide bonds. The van der Waals surface area contributed by atoms with Crippen molar-refractivity contribution in [3.05, 3.63) is 60.8 Å². The van der Waals surface area contributed by atoms with Crippen molar-refractivity contribution in [1.29, 1.82) is 0 Å². The minimum Gasteiger partial charge on any atom is -0.351 e. The van der Waals surface area contributed by atoms with E-state index in [9.17, 15) is 14.4 Å². The van der Waals surface area contributed by atoms with Crippen LogP contribution in [0, 0.1) is 0 Å². The molecule has 0 bridgehead atoms. The van der Waals surface area contributed by atoms with E-state index in [4.69, 9.17) is 0 Å². The second kappa shape index (κ2) is 8.69. The molecular weight excluding hydrogens is 482 g/mol. The second-order valence-electron chi connectivity index (χ2n) is 8.81. The Morgan fingerprint density at radius 1 is 1.26 bits per heavy atom. The number of fused-ring (bicyclic) bond motifs is 1. The Balaban J connectivity index is 1.26. The van der Waals surface area contributed by atoms with Gasteiger partial charge in [-0.25, -0.2) is 9.78 Å². The first-order valence-electron chi connectivity index (χ1n) is 11.5. The lowest BCUT2D eigenvalue weighted by molar-refractivity contribution is -0.129. The molecule has 6 rings (SSSR count). The summed E-state index contributed by atoms with van der Waals surface area (Å²) in [5.41, 5.74) is 1.64. The molecule has 2 aromatic heterocycles. The molecule has 1 saturated heterocycles. The largest absolute Gasteiger partial charge is 0.351 e. The monoisotopic (exact) mass is 505 g/mol. The van der Waals surface area contributed by atoms with Gasteiger partial charge in [0.2, 0.25) is 11.8 Å². The van der Waals surface area contributed by atoms with E-state index in [2.05, 4.69) is 22.2 Å². The average molecular weight is 506 g/mol.